The molecule has 160 valence electrons. The van der Waals surface area contributed by atoms with Gasteiger partial charge in [0.2, 0.25) is 0 Å². The molecule has 0 aliphatic carbocycles. The molecule has 0 atom stereocenters. The first kappa shape index (κ1) is 23.4. The largest absolute Gasteiger partial charge is 0.309 e. The van der Waals surface area contributed by atoms with Gasteiger partial charge in [0.05, 0.1) is 14.9 Å². The van der Waals surface area contributed by atoms with Crippen molar-refractivity contribution < 1.29 is 0 Å². The molecule has 0 saturated heterocycles. The summed E-state index contributed by atoms with van der Waals surface area (Å²) in [4.78, 5) is 24.3. The number of hydrogen-bond acceptors (Lipinski definition) is 4. The Bertz CT molecular complexity index is 1110. The van der Waals surface area contributed by atoms with Gasteiger partial charge in [0.15, 0.2) is 0 Å². The maximum atomic E-state index is 12.3. The average Bonchev–Trinajstić information content (AvgIpc) is 2.77. The monoisotopic (exact) mass is 471 g/mol. The molecule has 0 aliphatic heterocycles. The summed E-state index contributed by atoms with van der Waals surface area (Å²) in [6.45, 7) is 0. The number of nitrogens with zero attached hydrogens (tertiary/aromatic N) is 2. The van der Waals surface area contributed by atoms with E-state index in [1.165, 1.54) is 0 Å². The summed E-state index contributed by atoms with van der Waals surface area (Å²) in [6.07, 6.45) is 11.0. The van der Waals surface area contributed by atoms with Gasteiger partial charge >= 0.3 is 0 Å². The van der Waals surface area contributed by atoms with Crippen LogP contribution in [-0.2, 0) is 6.42 Å². The van der Waals surface area contributed by atoms with Crippen molar-refractivity contribution in [2.45, 2.75) is 43.4 Å². The highest BCUT2D eigenvalue weighted by molar-refractivity contribution is 7.99. The van der Waals surface area contributed by atoms with Gasteiger partial charge in [-0.2, -0.15) is 0 Å². The van der Waals surface area contributed by atoms with E-state index in [4.69, 9.17) is 23.2 Å². The van der Waals surface area contributed by atoms with Crippen LogP contribution in [0, 0.1) is 11.8 Å². The van der Waals surface area contributed by atoms with E-state index in [0.29, 0.717) is 27.2 Å². The van der Waals surface area contributed by atoms with E-state index < -0.39 is 0 Å². The third kappa shape index (κ3) is 8.06. The summed E-state index contributed by atoms with van der Waals surface area (Å²) >= 11 is 13.5. The molecule has 0 aliphatic rings. The molecular formula is C24H23Cl2N3OS. The quantitative estimate of drug-likeness (QED) is 0.230. The molecule has 1 aromatic carbocycles. The van der Waals surface area contributed by atoms with E-state index >= 15 is 0 Å². The van der Waals surface area contributed by atoms with Gasteiger partial charge in [0.1, 0.15) is 5.82 Å². The second kappa shape index (κ2) is 12.6. The highest BCUT2D eigenvalue weighted by Crippen LogP contribution is 2.22. The maximum Gasteiger partial charge on any atom is 0.264 e. The molecular weight excluding hydrogens is 449 g/mol. The first-order valence-corrected chi connectivity index (χ1v) is 11.9. The average molecular weight is 472 g/mol. The molecule has 0 radical (unpaired) electrons. The van der Waals surface area contributed by atoms with Gasteiger partial charge in [-0.15, -0.1) is 11.8 Å². The SMILES string of the molecule is O=c1[nH]c(Cc2cccnc2)ncc1SCCCCCCC#Cc1ccc(Cl)c(Cl)c1. The summed E-state index contributed by atoms with van der Waals surface area (Å²) in [6, 6.07) is 9.27. The van der Waals surface area contributed by atoms with Gasteiger partial charge < -0.3 is 4.98 Å². The topological polar surface area (TPSA) is 58.6 Å². The molecule has 4 nitrogen and oxygen atoms in total. The number of nitrogens with one attached hydrogen (secondary N) is 1. The Kier molecular flexibility index (Phi) is 9.48. The summed E-state index contributed by atoms with van der Waals surface area (Å²) in [5.41, 5.74) is 1.83. The first-order chi connectivity index (χ1) is 15.1. The molecule has 3 aromatic rings. The standard InChI is InChI=1S/C24H23Cl2N3OS/c25-20-11-10-18(14-21(20)26)8-5-3-1-2-4-6-13-31-22-17-28-23(29-24(22)30)15-19-9-7-12-27-16-19/h7,9-12,14,16-17H,1-4,6,13,15H2,(H,28,29,30). The Labute approximate surface area is 196 Å². The second-order valence-corrected chi connectivity index (χ2v) is 8.96. The summed E-state index contributed by atoms with van der Waals surface area (Å²) in [7, 11) is 0. The molecule has 2 aromatic heterocycles. The van der Waals surface area contributed by atoms with Crippen LogP contribution in [-0.4, -0.2) is 20.7 Å². The minimum Gasteiger partial charge on any atom is -0.309 e. The van der Waals surface area contributed by atoms with Crippen LogP contribution in [0.2, 0.25) is 10.0 Å². The molecule has 0 amide bonds. The fraction of sp³-hybridized carbons (Fsp3) is 0.292. The summed E-state index contributed by atoms with van der Waals surface area (Å²) in [5.74, 6) is 7.86. The zero-order valence-corrected chi connectivity index (χ0v) is 19.4. The number of thioether (sulfide) groups is 1. The number of halogens is 2. The smallest absolute Gasteiger partial charge is 0.264 e. The molecule has 0 spiro atoms. The van der Waals surface area contributed by atoms with Gasteiger partial charge in [0.25, 0.3) is 5.56 Å². The third-order valence-electron chi connectivity index (χ3n) is 4.52. The third-order valence-corrected chi connectivity index (χ3v) is 6.35. The summed E-state index contributed by atoms with van der Waals surface area (Å²) < 4.78 is 0. The predicted octanol–water partition coefficient (Wildman–Crippen LogP) is 6.16. The molecule has 0 unspecified atom stereocenters. The van der Waals surface area contributed by atoms with Gasteiger partial charge in [0, 0.05) is 37.0 Å². The lowest BCUT2D eigenvalue weighted by Crippen LogP contribution is -2.13. The van der Waals surface area contributed by atoms with Gasteiger partial charge in [-0.3, -0.25) is 9.78 Å². The fourth-order valence-corrected chi connectivity index (χ4v) is 4.07. The number of aromatic amines is 1. The highest BCUT2D eigenvalue weighted by atomic mass is 35.5. The fourth-order valence-electron chi connectivity index (χ4n) is 2.90. The first-order valence-electron chi connectivity index (χ1n) is 10.2. The van der Waals surface area contributed by atoms with E-state index in [2.05, 4.69) is 26.8 Å². The molecule has 7 heteroatoms. The second-order valence-electron chi connectivity index (χ2n) is 7.00. The normalized spacial score (nSPS) is 10.5. The Morgan fingerprint density at radius 1 is 1.03 bits per heavy atom. The summed E-state index contributed by atoms with van der Waals surface area (Å²) in [5, 5.41) is 1.08. The zero-order valence-electron chi connectivity index (χ0n) is 17.0. The van der Waals surface area contributed by atoms with Crippen molar-refractivity contribution in [1.82, 2.24) is 15.0 Å². The number of H-pyrrole nitrogens is 1. The number of pyridine rings is 1. The van der Waals surface area contributed by atoms with Crippen molar-refractivity contribution in [2.75, 3.05) is 5.75 Å². The Balaban J connectivity index is 1.31. The van der Waals surface area contributed by atoms with Gasteiger partial charge in [-0.1, -0.05) is 54.0 Å². The minimum atomic E-state index is -0.0727. The van der Waals surface area contributed by atoms with Crippen LogP contribution in [0.25, 0.3) is 0 Å². The number of aromatic nitrogens is 3. The van der Waals surface area contributed by atoms with E-state index in [1.54, 1.807) is 42.5 Å². The molecule has 31 heavy (non-hydrogen) atoms. The predicted molar refractivity (Wildman–Crippen MR) is 129 cm³/mol. The lowest BCUT2D eigenvalue weighted by Gasteiger charge is -2.04. The maximum absolute atomic E-state index is 12.3. The molecule has 2 heterocycles. The zero-order chi connectivity index (χ0) is 21.9. The lowest BCUT2D eigenvalue weighted by atomic mass is 10.1. The Morgan fingerprint density at radius 2 is 1.90 bits per heavy atom. The van der Waals surface area contributed by atoms with E-state index in [9.17, 15) is 4.79 Å². The molecule has 3 rings (SSSR count). The van der Waals surface area contributed by atoms with E-state index in [0.717, 1.165) is 49.0 Å². The lowest BCUT2D eigenvalue weighted by molar-refractivity contribution is 0.683. The van der Waals surface area contributed by atoms with Crippen molar-refractivity contribution in [2.24, 2.45) is 0 Å². The Morgan fingerprint density at radius 3 is 2.68 bits per heavy atom. The number of benzene rings is 1. The van der Waals surface area contributed by atoms with Crippen molar-refractivity contribution in [3.05, 3.63) is 86.3 Å². The van der Waals surface area contributed by atoms with Gasteiger partial charge in [-0.05, 0) is 48.4 Å². The van der Waals surface area contributed by atoms with Crippen LogP contribution in [0.15, 0.2) is 58.6 Å². The van der Waals surface area contributed by atoms with Gasteiger partial charge in [-0.25, -0.2) is 4.98 Å². The van der Waals surface area contributed by atoms with E-state index in [1.807, 2.05) is 18.2 Å². The van der Waals surface area contributed by atoms with Crippen LogP contribution in [0.3, 0.4) is 0 Å². The molecule has 0 fully saturated rings. The van der Waals surface area contributed by atoms with Crippen LogP contribution in [0.5, 0.6) is 0 Å². The number of unbranched alkanes of at least 4 members (excludes halogenated alkanes) is 4. The highest BCUT2D eigenvalue weighted by Gasteiger charge is 2.05. The van der Waals surface area contributed by atoms with Crippen LogP contribution >= 0.6 is 35.0 Å². The number of hydrogen-bond donors (Lipinski definition) is 1. The van der Waals surface area contributed by atoms with Crippen molar-refractivity contribution in [3.8, 4) is 11.8 Å². The van der Waals surface area contributed by atoms with Crippen molar-refractivity contribution in [1.29, 1.82) is 0 Å². The minimum absolute atomic E-state index is 0.0727. The van der Waals surface area contributed by atoms with Crippen molar-refractivity contribution >= 4 is 35.0 Å². The van der Waals surface area contributed by atoms with Crippen LogP contribution in [0.4, 0.5) is 0 Å². The number of rotatable bonds is 9. The van der Waals surface area contributed by atoms with Crippen LogP contribution in [0.1, 0.15) is 49.1 Å². The molecule has 0 saturated carbocycles. The molecule has 0 bridgehead atoms. The van der Waals surface area contributed by atoms with Crippen molar-refractivity contribution in [3.63, 3.8) is 0 Å². The molecule has 1 N–H and O–H groups in total. The Hall–Kier alpha value is -2.26. The van der Waals surface area contributed by atoms with E-state index in [-0.39, 0.29) is 5.56 Å². The van der Waals surface area contributed by atoms with Crippen LogP contribution < -0.4 is 5.56 Å².